The molecule has 1 aromatic rings. The quantitative estimate of drug-likeness (QED) is 0.878. The van der Waals surface area contributed by atoms with Crippen LogP contribution in [0.15, 0.2) is 16.6 Å². The molecule has 5 heteroatoms. The molecule has 114 valence electrons. The predicted octanol–water partition coefficient (Wildman–Crippen LogP) is 3.75. The third-order valence-corrected chi connectivity index (χ3v) is 5.06. The molecule has 3 rings (SSSR count). The molecule has 0 spiro atoms. The molecule has 0 amide bonds. The van der Waals surface area contributed by atoms with Crippen molar-refractivity contribution in [3.63, 3.8) is 0 Å². The molecule has 0 bridgehead atoms. The highest BCUT2D eigenvalue weighted by Gasteiger charge is 2.47. The van der Waals surface area contributed by atoms with Crippen LogP contribution in [0.1, 0.15) is 38.7 Å². The molecule has 1 aliphatic heterocycles. The molecule has 1 saturated carbocycles. The number of ether oxygens (including phenoxy) is 2. The van der Waals surface area contributed by atoms with Gasteiger partial charge in [-0.1, -0.05) is 36.2 Å². The van der Waals surface area contributed by atoms with Crippen LogP contribution < -0.4 is 9.47 Å². The first-order valence-corrected chi connectivity index (χ1v) is 7.96. The fourth-order valence-corrected chi connectivity index (χ4v) is 3.55. The van der Waals surface area contributed by atoms with Gasteiger partial charge in [-0.05, 0) is 30.5 Å². The van der Waals surface area contributed by atoms with Crippen LogP contribution in [0.2, 0.25) is 0 Å². The number of carboxylic acid groups (broad SMARTS) is 1. The topological polar surface area (TPSA) is 55.8 Å². The summed E-state index contributed by atoms with van der Waals surface area (Å²) in [6.07, 6.45) is 2.29. The third kappa shape index (κ3) is 2.41. The Morgan fingerprint density at radius 3 is 2.24 bits per heavy atom. The first-order chi connectivity index (χ1) is 9.84. The van der Waals surface area contributed by atoms with Crippen molar-refractivity contribution in [1.29, 1.82) is 0 Å². The molecule has 0 saturated heterocycles. The number of halogens is 1. The number of hydrogen-bond acceptors (Lipinski definition) is 3. The van der Waals surface area contributed by atoms with Gasteiger partial charge in [0.05, 0.1) is 18.6 Å². The van der Waals surface area contributed by atoms with Crippen LogP contribution in [0.25, 0.3) is 0 Å². The Bertz CT molecular complexity index is 590. The van der Waals surface area contributed by atoms with Crippen molar-refractivity contribution in [1.82, 2.24) is 0 Å². The average molecular weight is 355 g/mol. The third-order valence-electron chi connectivity index (χ3n) is 4.40. The molecule has 1 heterocycles. The van der Waals surface area contributed by atoms with Crippen molar-refractivity contribution >= 4 is 21.9 Å². The van der Waals surface area contributed by atoms with E-state index in [0.717, 1.165) is 16.5 Å². The Balaban J connectivity index is 2.02. The molecule has 1 fully saturated rings. The van der Waals surface area contributed by atoms with E-state index in [2.05, 4.69) is 29.8 Å². The molecule has 1 aliphatic carbocycles. The van der Waals surface area contributed by atoms with E-state index < -0.39 is 11.4 Å². The van der Waals surface area contributed by atoms with Gasteiger partial charge >= 0.3 is 5.97 Å². The van der Waals surface area contributed by atoms with E-state index >= 15 is 0 Å². The van der Waals surface area contributed by atoms with Crippen LogP contribution >= 0.6 is 15.9 Å². The Hall–Kier alpha value is -1.23. The smallest absolute Gasteiger partial charge is 0.314 e. The summed E-state index contributed by atoms with van der Waals surface area (Å²) in [7, 11) is 0. The van der Waals surface area contributed by atoms with E-state index in [1.807, 2.05) is 12.1 Å². The summed E-state index contributed by atoms with van der Waals surface area (Å²) in [6, 6.07) is 3.68. The Morgan fingerprint density at radius 1 is 1.19 bits per heavy atom. The minimum atomic E-state index is -0.779. The van der Waals surface area contributed by atoms with Crippen LogP contribution in [0.3, 0.4) is 0 Å². The van der Waals surface area contributed by atoms with Gasteiger partial charge in [0.2, 0.25) is 0 Å². The van der Waals surface area contributed by atoms with Crippen LogP contribution in [-0.2, 0) is 10.2 Å². The lowest BCUT2D eigenvalue weighted by atomic mass is 9.64. The zero-order valence-electron chi connectivity index (χ0n) is 12.2. The molecule has 21 heavy (non-hydrogen) atoms. The first-order valence-electron chi connectivity index (χ1n) is 7.17. The molecule has 0 radical (unpaired) electrons. The molecular formula is C16H19BrO4. The number of fused-ring (bicyclic) bond motifs is 1. The van der Waals surface area contributed by atoms with Gasteiger partial charge in [0.25, 0.3) is 0 Å². The summed E-state index contributed by atoms with van der Waals surface area (Å²) in [5.41, 5.74) is -0.0469. The zero-order valence-corrected chi connectivity index (χ0v) is 13.8. The number of carboxylic acids is 1. The fraction of sp³-hybridized carbons (Fsp3) is 0.562. The molecular weight excluding hydrogens is 336 g/mol. The maximum Gasteiger partial charge on any atom is 0.314 e. The number of rotatable bonds is 2. The lowest BCUT2D eigenvalue weighted by Gasteiger charge is -2.39. The van der Waals surface area contributed by atoms with E-state index in [0.29, 0.717) is 37.6 Å². The zero-order chi connectivity index (χ0) is 15.3. The van der Waals surface area contributed by atoms with E-state index in [1.165, 1.54) is 0 Å². The lowest BCUT2D eigenvalue weighted by Crippen LogP contribution is -2.42. The summed E-state index contributed by atoms with van der Waals surface area (Å²) in [4.78, 5) is 11.7. The van der Waals surface area contributed by atoms with E-state index in [4.69, 9.17) is 9.47 Å². The van der Waals surface area contributed by atoms with Gasteiger partial charge in [-0.3, -0.25) is 4.79 Å². The van der Waals surface area contributed by atoms with Crippen LogP contribution in [0.5, 0.6) is 11.5 Å². The van der Waals surface area contributed by atoms with Crippen molar-refractivity contribution in [3.05, 3.63) is 22.2 Å². The van der Waals surface area contributed by atoms with Crippen molar-refractivity contribution in [3.8, 4) is 11.5 Å². The van der Waals surface area contributed by atoms with Gasteiger partial charge in [-0.15, -0.1) is 0 Å². The maximum atomic E-state index is 11.7. The van der Waals surface area contributed by atoms with E-state index in [1.54, 1.807) is 0 Å². The second kappa shape index (κ2) is 4.90. The second-order valence-corrected chi connectivity index (χ2v) is 7.62. The summed E-state index contributed by atoms with van der Waals surface area (Å²) >= 11 is 3.51. The summed E-state index contributed by atoms with van der Waals surface area (Å²) in [5, 5.41) is 9.61. The molecule has 1 aromatic carbocycles. The number of benzene rings is 1. The van der Waals surface area contributed by atoms with Crippen LogP contribution in [-0.4, -0.2) is 24.3 Å². The monoisotopic (exact) mass is 354 g/mol. The van der Waals surface area contributed by atoms with Crippen molar-refractivity contribution < 1.29 is 19.4 Å². The molecule has 0 unspecified atom stereocenters. The average Bonchev–Trinajstić information content (AvgIpc) is 2.48. The van der Waals surface area contributed by atoms with Crippen LogP contribution in [0, 0.1) is 5.41 Å². The molecule has 0 atom stereocenters. The van der Waals surface area contributed by atoms with Gasteiger partial charge in [0, 0.05) is 9.89 Å². The standard InChI is InChI=1S/C16H19BrO4/c1-15(2)8-20-12-6-10(11(17)7-13(12)21-9-15)16(14(18)19)4-3-5-16/h6-7H,3-5,8-9H2,1-2H3,(H,18,19). The molecule has 2 aliphatic rings. The summed E-state index contributed by atoms with van der Waals surface area (Å²) in [6.45, 7) is 5.30. The van der Waals surface area contributed by atoms with Gasteiger partial charge in [-0.2, -0.15) is 0 Å². The first kappa shape index (κ1) is 14.7. The Labute approximate surface area is 132 Å². The van der Waals surface area contributed by atoms with Crippen LogP contribution in [0.4, 0.5) is 0 Å². The Morgan fingerprint density at radius 2 is 1.76 bits per heavy atom. The fourth-order valence-electron chi connectivity index (χ4n) is 2.84. The summed E-state index contributed by atoms with van der Waals surface area (Å²) in [5.74, 6) is 0.562. The van der Waals surface area contributed by atoms with Gasteiger partial charge in [-0.25, -0.2) is 0 Å². The second-order valence-electron chi connectivity index (χ2n) is 6.76. The van der Waals surface area contributed by atoms with Gasteiger partial charge in [0.15, 0.2) is 11.5 Å². The highest BCUT2D eigenvalue weighted by Crippen LogP contribution is 2.49. The van der Waals surface area contributed by atoms with E-state index in [-0.39, 0.29) is 5.41 Å². The largest absolute Gasteiger partial charge is 0.489 e. The van der Waals surface area contributed by atoms with Gasteiger partial charge in [0.1, 0.15) is 0 Å². The van der Waals surface area contributed by atoms with Gasteiger partial charge < -0.3 is 14.6 Å². The maximum absolute atomic E-state index is 11.7. The minimum absolute atomic E-state index is 0.0629. The highest BCUT2D eigenvalue weighted by molar-refractivity contribution is 9.10. The van der Waals surface area contributed by atoms with Crippen molar-refractivity contribution in [2.45, 2.75) is 38.5 Å². The van der Waals surface area contributed by atoms with E-state index in [9.17, 15) is 9.90 Å². The highest BCUT2D eigenvalue weighted by atomic mass is 79.9. The molecule has 4 nitrogen and oxygen atoms in total. The Kier molecular flexibility index (Phi) is 3.43. The minimum Gasteiger partial charge on any atom is -0.489 e. The van der Waals surface area contributed by atoms with Crippen molar-refractivity contribution in [2.75, 3.05) is 13.2 Å². The predicted molar refractivity (Wildman–Crippen MR) is 82.1 cm³/mol. The summed E-state index contributed by atoms with van der Waals surface area (Å²) < 4.78 is 12.5. The normalized spacial score (nSPS) is 22.0. The molecule has 1 N–H and O–H groups in total. The van der Waals surface area contributed by atoms with Crippen molar-refractivity contribution in [2.24, 2.45) is 5.41 Å². The number of aliphatic carboxylic acids is 1. The lowest BCUT2D eigenvalue weighted by molar-refractivity contribution is -0.147. The molecule has 0 aromatic heterocycles. The number of carbonyl (C=O) groups is 1. The SMILES string of the molecule is CC1(C)COc2cc(Br)c(C3(C(=O)O)CCC3)cc2OC1. The number of hydrogen-bond donors (Lipinski definition) is 1.